The second-order valence-corrected chi connectivity index (χ2v) is 8.65. The first-order valence-electron chi connectivity index (χ1n) is 10.1. The summed E-state index contributed by atoms with van der Waals surface area (Å²) in [6.45, 7) is 9.71. The van der Waals surface area contributed by atoms with Gasteiger partial charge in [-0.05, 0) is 69.5 Å². The summed E-state index contributed by atoms with van der Waals surface area (Å²) in [6.07, 6.45) is 0. The maximum atomic E-state index is 13.1. The molecular weight excluding hydrogens is 406 g/mol. The van der Waals surface area contributed by atoms with Gasteiger partial charge in [0.15, 0.2) is 0 Å². The second kappa shape index (κ2) is 9.79. The van der Waals surface area contributed by atoms with E-state index in [-0.39, 0.29) is 17.6 Å². The predicted molar refractivity (Wildman–Crippen MR) is 128 cm³/mol. The fourth-order valence-corrected chi connectivity index (χ4v) is 4.30. The third-order valence-electron chi connectivity index (χ3n) is 4.93. The average molecular weight is 434 g/mol. The Morgan fingerprint density at radius 2 is 1.55 bits per heavy atom. The molecule has 0 bridgehead atoms. The number of rotatable bonds is 6. The Morgan fingerprint density at radius 3 is 2.26 bits per heavy atom. The molecule has 31 heavy (non-hydrogen) atoms. The van der Waals surface area contributed by atoms with Crippen molar-refractivity contribution < 1.29 is 9.59 Å². The van der Waals surface area contributed by atoms with Crippen molar-refractivity contribution in [1.29, 1.82) is 0 Å². The van der Waals surface area contributed by atoms with Crippen LogP contribution >= 0.6 is 11.8 Å². The predicted octanol–water partition coefficient (Wildman–Crippen LogP) is 5.61. The van der Waals surface area contributed by atoms with Crippen molar-refractivity contribution in [3.8, 4) is 0 Å². The fraction of sp³-hybridized carbons (Fsp3) is 0.240. The van der Waals surface area contributed by atoms with Crippen molar-refractivity contribution >= 4 is 35.0 Å². The van der Waals surface area contributed by atoms with Crippen LogP contribution in [0, 0.1) is 34.6 Å². The molecule has 0 saturated carbocycles. The molecule has 0 fully saturated rings. The molecule has 3 rings (SSSR count). The molecule has 1 aromatic heterocycles. The van der Waals surface area contributed by atoms with Gasteiger partial charge in [-0.2, -0.15) is 0 Å². The Bertz CT molecular complexity index is 1140. The van der Waals surface area contributed by atoms with Crippen molar-refractivity contribution in [2.24, 2.45) is 0 Å². The van der Waals surface area contributed by atoms with E-state index >= 15 is 0 Å². The van der Waals surface area contributed by atoms with E-state index in [0.29, 0.717) is 10.6 Å². The molecule has 0 radical (unpaired) electrons. The summed E-state index contributed by atoms with van der Waals surface area (Å²) in [4.78, 5) is 30.2. The molecule has 0 aliphatic heterocycles. The Balaban J connectivity index is 1.77. The number of anilines is 2. The number of nitrogens with zero attached hydrogens (tertiary/aromatic N) is 1. The largest absolute Gasteiger partial charge is 0.325 e. The Hall–Kier alpha value is -3.12. The van der Waals surface area contributed by atoms with Crippen LogP contribution < -0.4 is 10.6 Å². The number of aryl methyl sites for hydroxylation is 5. The van der Waals surface area contributed by atoms with E-state index in [1.165, 1.54) is 11.8 Å². The molecule has 0 unspecified atom stereocenters. The van der Waals surface area contributed by atoms with Crippen molar-refractivity contribution in [3.05, 3.63) is 82.0 Å². The smallest absolute Gasteiger partial charge is 0.258 e. The highest BCUT2D eigenvalue weighted by atomic mass is 32.2. The normalized spacial score (nSPS) is 10.6. The summed E-state index contributed by atoms with van der Waals surface area (Å²) >= 11 is 1.27. The molecule has 0 atom stereocenters. The number of benzene rings is 2. The van der Waals surface area contributed by atoms with Gasteiger partial charge < -0.3 is 10.6 Å². The lowest BCUT2D eigenvalue weighted by Crippen LogP contribution is -2.18. The number of para-hydroxylation sites is 1. The Labute approximate surface area is 187 Å². The molecule has 160 valence electrons. The van der Waals surface area contributed by atoms with Gasteiger partial charge in [0, 0.05) is 17.1 Å². The van der Waals surface area contributed by atoms with Gasteiger partial charge in [0.2, 0.25) is 5.91 Å². The van der Waals surface area contributed by atoms with Crippen LogP contribution in [-0.2, 0) is 4.79 Å². The lowest BCUT2D eigenvalue weighted by Gasteiger charge is -2.14. The number of carbonyl (C=O) groups is 2. The van der Waals surface area contributed by atoms with Crippen LogP contribution in [0.15, 0.2) is 53.6 Å². The Morgan fingerprint density at radius 1 is 0.839 bits per heavy atom. The van der Waals surface area contributed by atoms with Gasteiger partial charge >= 0.3 is 0 Å². The van der Waals surface area contributed by atoms with Gasteiger partial charge in [0.1, 0.15) is 5.03 Å². The summed E-state index contributed by atoms with van der Waals surface area (Å²) in [5.41, 5.74) is 6.83. The van der Waals surface area contributed by atoms with E-state index in [1.807, 2.05) is 83.1 Å². The minimum absolute atomic E-state index is 0.136. The van der Waals surface area contributed by atoms with E-state index in [2.05, 4.69) is 15.6 Å². The summed E-state index contributed by atoms with van der Waals surface area (Å²) in [7, 11) is 0. The number of amides is 2. The zero-order chi connectivity index (χ0) is 22.5. The van der Waals surface area contributed by atoms with Crippen LogP contribution in [0.1, 0.15) is 38.3 Å². The number of carbonyl (C=O) groups excluding carboxylic acids is 2. The minimum Gasteiger partial charge on any atom is -0.325 e. The molecular formula is C25H27N3O2S. The third kappa shape index (κ3) is 5.73. The van der Waals surface area contributed by atoms with Gasteiger partial charge in [-0.15, -0.1) is 0 Å². The van der Waals surface area contributed by atoms with E-state index in [9.17, 15) is 9.59 Å². The second-order valence-electron chi connectivity index (χ2n) is 7.68. The molecule has 0 aliphatic carbocycles. The lowest BCUT2D eigenvalue weighted by molar-refractivity contribution is -0.113. The van der Waals surface area contributed by atoms with Crippen LogP contribution in [0.5, 0.6) is 0 Å². The van der Waals surface area contributed by atoms with Gasteiger partial charge in [0.25, 0.3) is 5.91 Å². The monoisotopic (exact) mass is 433 g/mol. The highest BCUT2D eigenvalue weighted by Gasteiger charge is 2.19. The molecule has 2 amide bonds. The fourth-order valence-electron chi connectivity index (χ4n) is 3.36. The third-order valence-corrected chi connectivity index (χ3v) is 5.90. The van der Waals surface area contributed by atoms with Gasteiger partial charge in [-0.1, -0.05) is 47.7 Å². The molecule has 5 nitrogen and oxygen atoms in total. The maximum Gasteiger partial charge on any atom is 0.258 e. The summed E-state index contributed by atoms with van der Waals surface area (Å²) in [5, 5.41) is 6.47. The van der Waals surface area contributed by atoms with Crippen molar-refractivity contribution in [2.75, 3.05) is 16.4 Å². The maximum absolute atomic E-state index is 13.1. The summed E-state index contributed by atoms with van der Waals surface area (Å²) < 4.78 is 0. The Kier molecular flexibility index (Phi) is 7.13. The first-order chi connectivity index (χ1) is 14.7. The molecule has 2 aromatic carbocycles. The van der Waals surface area contributed by atoms with Crippen LogP contribution in [0.4, 0.5) is 11.4 Å². The van der Waals surface area contributed by atoms with E-state index in [4.69, 9.17) is 0 Å². The number of hydrogen-bond acceptors (Lipinski definition) is 4. The molecule has 0 spiro atoms. The average Bonchev–Trinajstić information content (AvgIpc) is 2.69. The van der Waals surface area contributed by atoms with Crippen LogP contribution in [-0.4, -0.2) is 22.6 Å². The van der Waals surface area contributed by atoms with Gasteiger partial charge in [0.05, 0.1) is 11.3 Å². The van der Waals surface area contributed by atoms with Crippen LogP contribution in [0.3, 0.4) is 0 Å². The number of thioether (sulfide) groups is 1. The minimum atomic E-state index is -0.225. The SMILES string of the molecule is Cc1ccc(NC(=O)CSc2nc(C)cc(C)c2C(=O)Nc2ccccc2C)c(C)c1. The zero-order valence-corrected chi connectivity index (χ0v) is 19.3. The highest BCUT2D eigenvalue weighted by molar-refractivity contribution is 8.00. The highest BCUT2D eigenvalue weighted by Crippen LogP contribution is 2.26. The summed E-state index contributed by atoms with van der Waals surface area (Å²) in [6, 6.07) is 15.4. The standard InChI is InChI=1S/C25H27N3O2S/c1-15-10-11-21(17(3)12-15)27-22(29)14-31-25-23(18(4)13-19(5)26-25)24(30)28-20-9-7-6-8-16(20)2/h6-13H,14H2,1-5H3,(H,27,29)(H,28,30). The number of nitrogens with one attached hydrogen (secondary N) is 2. The van der Waals surface area contributed by atoms with E-state index < -0.39 is 0 Å². The molecule has 0 saturated heterocycles. The first-order valence-corrected chi connectivity index (χ1v) is 11.1. The topological polar surface area (TPSA) is 71.1 Å². The van der Waals surface area contributed by atoms with Gasteiger partial charge in [-0.25, -0.2) is 4.98 Å². The summed E-state index contributed by atoms with van der Waals surface area (Å²) in [5.74, 6) is -0.201. The number of pyridine rings is 1. The first kappa shape index (κ1) is 22.6. The molecule has 3 aromatic rings. The lowest BCUT2D eigenvalue weighted by atomic mass is 10.1. The van der Waals surface area contributed by atoms with E-state index in [0.717, 1.165) is 39.3 Å². The van der Waals surface area contributed by atoms with Crippen LogP contribution in [0.2, 0.25) is 0 Å². The quantitative estimate of drug-likeness (QED) is 0.496. The number of hydrogen-bond donors (Lipinski definition) is 2. The zero-order valence-electron chi connectivity index (χ0n) is 18.5. The van der Waals surface area contributed by atoms with Gasteiger partial charge in [-0.3, -0.25) is 9.59 Å². The number of aromatic nitrogens is 1. The molecule has 6 heteroatoms. The van der Waals surface area contributed by atoms with Crippen LogP contribution in [0.25, 0.3) is 0 Å². The van der Waals surface area contributed by atoms with Crippen molar-refractivity contribution in [3.63, 3.8) is 0 Å². The van der Waals surface area contributed by atoms with E-state index in [1.54, 1.807) is 0 Å². The van der Waals surface area contributed by atoms with Crippen molar-refractivity contribution in [2.45, 2.75) is 39.6 Å². The molecule has 1 heterocycles. The molecule has 0 aliphatic rings. The molecule has 2 N–H and O–H groups in total. The van der Waals surface area contributed by atoms with Crippen molar-refractivity contribution in [1.82, 2.24) is 4.98 Å².